The van der Waals surface area contributed by atoms with Crippen LogP contribution in [-0.4, -0.2) is 27.8 Å². The first-order valence-electron chi connectivity index (χ1n) is 7.89. The van der Waals surface area contributed by atoms with E-state index in [0.717, 1.165) is 11.8 Å². The molecule has 1 aliphatic rings. The number of amidine groups is 1. The van der Waals surface area contributed by atoms with Crippen LogP contribution in [0.2, 0.25) is 5.02 Å². The van der Waals surface area contributed by atoms with E-state index in [1.165, 1.54) is 30.5 Å². The number of aromatic nitrogens is 1. The third kappa shape index (κ3) is 4.29. The normalized spacial score (nSPS) is 19.3. The van der Waals surface area contributed by atoms with Crippen LogP contribution < -0.4 is 11.1 Å². The van der Waals surface area contributed by atoms with Crippen LogP contribution in [0, 0.1) is 5.82 Å². The highest BCUT2D eigenvalue weighted by atomic mass is 35.5. The van der Waals surface area contributed by atoms with E-state index in [1.54, 1.807) is 19.1 Å². The zero-order valence-corrected chi connectivity index (χ0v) is 15.8. The van der Waals surface area contributed by atoms with Gasteiger partial charge in [0.1, 0.15) is 17.1 Å². The fraction of sp³-hybridized carbons (Fsp3) is 0.167. The number of aliphatic hydroxyl groups is 1. The van der Waals surface area contributed by atoms with E-state index in [1.807, 2.05) is 0 Å². The van der Waals surface area contributed by atoms with Crippen molar-refractivity contribution in [1.82, 2.24) is 4.98 Å². The second kappa shape index (κ2) is 7.67. The molecule has 4 N–H and O–H groups in total. The summed E-state index contributed by atoms with van der Waals surface area (Å²) in [4.78, 5) is 21.2. The van der Waals surface area contributed by atoms with Crippen molar-refractivity contribution in [3.63, 3.8) is 0 Å². The minimum Gasteiger partial charge on any atom is -0.391 e. The van der Waals surface area contributed by atoms with Crippen LogP contribution in [0.15, 0.2) is 52.5 Å². The van der Waals surface area contributed by atoms with E-state index < -0.39 is 17.3 Å². The first kappa shape index (κ1) is 19.3. The Morgan fingerprint density at radius 3 is 2.85 bits per heavy atom. The molecule has 0 aliphatic carbocycles. The van der Waals surface area contributed by atoms with Crippen molar-refractivity contribution in [2.45, 2.75) is 12.5 Å². The van der Waals surface area contributed by atoms with Gasteiger partial charge in [0.15, 0.2) is 5.17 Å². The van der Waals surface area contributed by atoms with E-state index in [0.29, 0.717) is 15.6 Å². The summed E-state index contributed by atoms with van der Waals surface area (Å²) < 4.78 is 14.5. The summed E-state index contributed by atoms with van der Waals surface area (Å²) in [5.41, 5.74) is 5.49. The number of anilines is 1. The maximum Gasteiger partial charge on any atom is 0.274 e. The Labute approximate surface area is 164 Å². The standard InChI is InChI=1S/C18H16ClFN4O2S/c1-18(7-12(9-25)27-17(21)24-18)13-6-11(3-4-14(13)20)23-16(26)15-5-2-10(19)8-22-15/h2-8,25H,9H2,1H3,(H2,21,24)(H,23,26)/t18-/m0/s1. The molecule has 1 atom stereocenters. The monoisotopic (exact) mass is 406 g/mol. The van der Waals surface area contributed by atoms with Crippen LogP contribution in [0.1, 0.15) is 23.0 Å². The molecule has 1 aliphatic heterocycles. The molecule has 1 amide bonds. The number of halogens is 2. The van der Waals surface area contributed by atoms with Gasteiger partial charge in [0, 0.05) is 22.4 Å². The van der Waals surface area contributed by atoms with Crippen molar-refractivity contribution in [1.29, 1.82) is 0 Å². The number of benzene rings is 1. The number of rotatable bonds is 4. The maximum absolute atomic E-state index is 14.5. The topological polar surface area (TPSA) is 101 Å². The highest BCUT2D eigenvalue weighted by Crippen LogP contribution is 2.38. The molecule has 9 heteroatoms. The van der Waals surface area contributed by atoms with E-state index in [4.69, 9.17) is 17.3 Å². The summed E-state index contributed by atoms with van der Waals surface area (Å²) >= 11 is 6.90. The van der Waals surface area contributed by atoms with E-state index in [2.05, 4.69) is 15.3 Å². The molecule has 1 aromatic carbocycles. The van der Waals surface area contributed by atoms with Crippen LogP contribution in [0.4, 0.5) is 10.1 Å². The summed E-state index contributed by atoms with van der Waals surface area (Å²) in [6.07, 6.45) is 3.02. The quantitative estimate of drug-likeness (QED) is 0.723. The third-order valence-electron chi connectivity index (χ3n) is 3.91. The van der Waals surface area contributed by atoms with Crippen molar-refractivity contribution in [3.8, 4) is 0 Å². The molecule has 140 valence electrons. The van der Waals surface area contributed by atoms with Gasteiger partial charge in [0.25, 0.3) is 5.91 Å². The molecule has 2 aromatic rings. The number of aliphatic imine (C=N–C) groups is 1. The largest absolute Gasteiger partial charge is 0.391 e. The number of hydrogen-bond acceptors (Lipinski definition) is 6. The molecule has 0 fully saturated rings. The number of carbonyl (C=O) groups is 1. The number of nitrogens with zero attached hydrogens (tertiary/aromatic N) is 2. The van der Waals surface area contributed by atoms with Gasteiger partial charge in [-0.3, -0.25) is 4.79 Å². The Balaban J connectivity index is 1.93. The van der Waals surface area contributed by atoms with E-state index in [-0.39, 0.29) is 23.0 Å². The number of carbonyl (C=O) groups excluding carboxylic acids is 1. The molecular formula is C18H16ClFN4O2S. The molecule has 6 nitrogen and oxygen atoms in total. The second-order valence-electron chi connectivity index (χ2n) is 5.98. The zero-order valence-electron chi connectivity index (χ0n) is 14.2. The summed E-state index contributed by atoms with van der Waals surface area (Å²) in [5, 5.41) is 12.7. The summed E-state index contributed by atoms with van der Waals surface area (Å²) in [6.45, 7) is 1.46. The van der Waals surface area contributed by atoms with Crippen LogP contribution in [-0.2, 0) is 5.54 Å². The lowest BCUT2D eigenvalue weighted by Crippen LogP contribution is -2.27. The molecule has 1 aromatic heterocycles. The van der Waals surface area contributed by atoms with Gasteiger partial charge < -0.3 is 16.2 Å². The van der Waals surface area contributed by atoms with E-state index in [9.17, 15) is 14.3 Å². The molecule has 0 spiro atoms. The van der Waals surface area contributed by atoms with Crippen LogP contribution in [0.3, 0.4) is 0 Å². The van der Waals surface area contributed by atoms with Gasteiger partial charge in [-0.15, -0.1) is 0 Å². The smallest absolute Gasteiger partial charge is 0.274 e. The molecular weight excluding hydrogens is 391 g/mol. The molecule has 0 bridgehead atoms. The minimum absolute atomic E-state index is 0.176. The maximum atomic E-state index is 14.5. The molecule has 0 radical (unpaired) electrons. The number of amides is 1. The van der Waals surface area contributed by atoms with Crippen LogP contribution in [0.25, 0.3) is 0 Å². The lowest BCUT2D eigenvalue weighted by atomic mass is 9.91. The fourth-order valence-corrected chi connectivity index (χ4v) is 3.64. The Kier molecular flexibility index (Phi) is 5.50. The highest BCUT2D eigenvalue weighted by molar-refractivity contribution is 8.17. The van der Waals surface area contributed by atoms with Gasteiger partial charge in [-0.25, -0.2) is 14.4 Å². The van der Waals surface area contributed by atoms with Gasteiger partial charge in [-0.05, 0) is 43.3 Å². The van der Waals surface area contributed by atoms with Crippen LogP contribution >= 0.6 is 23.4 Å². The summed E-state index contributed by atoms with van der Waals surface area (Å²) in [5.74, 6) is -0.958. The molecule has 3 rings (SSSR count). The number of nitrogens with two attached hydrogens (primary N) is 1. The van der Waals surface area contributed by atoms with Gasteiger partial charge in [-0.1, -0.05) is 23.4 Å². The Hall–Kier alpha value is -2.42. The van der Waals surface area contributed by atoms with Crippen molar-refractivity contribution in [3.05, 3.63) is 69.6 Å². The van der Waals surface area contributed by atoms with Gasteiger partial charge in [0.2, 0.25) is 0 Å². The van der Waals surface area contributed by atoms with Gasteiger partial charge in [-0.2, -0.15) is 0 Å². The first-order valence-corrected chi connectivity index (χ1v) is 9.09. The molecule has 2 heterocycles. The SMILES string of the molecule is C[C@@]1(c2cc(NC(=O)c3ccc(Cl)cn3)ccc2F)C=C(CO)SC(N)=N1. The molecule has 0 saturated carbocycles. The zero-order chi connectivity index (χ0) is 19.6. The molecule has 0 unspecified atom stereocenters. The number of hydrogen-bond donors (Lipinski definition) is 3. The highest BCUT2D eigenvalue weighted by Gasteiger charge is 2.31. The van der Waals surface area contributed by atoms with Crippen molar-refractivity contribution < 1.29 is 14.3 Å². The molecule has 0 saturated heterocycles. The number of aliphatic hydroxyl groups excluding tert-OH is 1. The second-order valence-corrected chi connectivity index (χ2v) is 7.56. The Morgan fingerprint density at radius 2 is 2.19 bits per heavy atom. The lowest BCUT2D eigenvalue weighted by molar-refractivity contribution is 0.102. The fourth-order valence-electron chi connectivity index (χ4n) is 2.67. The lowest BCUT2D eigenvalue weighted by Gasteiger charge is -2.28. The van der Waals surface area contributed by atoms with Crippen molar-refractivity contribution in [2.75, 3.05) is 11.9 Å². The van der Waals surface area contributed by atoms with E-state index >= 15 is 0 Å². The first-order chi connectivity index (χ1) is 12.8. The minimum atomic E-state index is -1.10. The van der Waals surface area contributed by atoms with Crippen LogP contribution in [0.5, 0.6) is 0 Å². The van der Waals surface area contributed by atoms with Crippen molar-refractivity contribution >= 4 is 40.1 Å². The summed E-state index contributed by atoms with van der Waals surface area (Å²) in [7, 11) is 0. The molecule has 27 heavy (non-hydrogen) atoms. The third-order valence-corrected chi connectivity index (χ3v) is 4.94. The number of pyridine rings is 1. The van der Waals surface area contributed by atoms with Crippen molar-refractivity contribution in [2.24, 2.45) is 10.7 Å². The van der Waals surface area contributed by atoms with Gasteiger partial charge >= 0.3 is 0 Å². The summed E-state index contributed by atoms with van der Waals surface area (Å²) in [6, 6.07) is 7.21. The number of thioether (sulfide) groups is 1. The average Bonchev–Trinajstić information content (AvgIpc) is 2.63. The number of nitrogens with one attached hydrogen (secondary N) is 1. The predicted molar refractivity (Wildman–Crippen MR) is 105 cm³/mol. The predicted octanol–water partition coefficient (Wildman–Crippen LogP) is 3.28. The van der Waals surface area contributed by atoms with Gasteiger partial charge in [0.05, 0.1) is 11.6 Å². The Bertz CT molecular complexity index is 949. The Morgan fingerprint density at radius 1 is 1.41 bits per heavy atom. The average molecular weight is 407 g/mol.